The highest BCUT2D eigenvalue weighted by molar-refractivity contribution is 14.0. The van der Waals surface area contributed by atoms with E-state index >= 15 is 0 Å². The number of guanidine groups is 1. The molecule has 1 aliphatic heterocycles. The van der Waals surface area contributed by atoms with Gasteiger partial charge in [0.25, 0.3) is 0 Å². The molecule has 0 spiro atoms. The summed E-state index contributed by atoms with van der Waals surface area (Å²) >= 11 is 0. The lowest BCUT2D eigenvalue weighted by atomic mass is 10.2. The summed E-state index contributed by atoms with van der Waals surface area (Å²) in [7, 11) is 0. The number of unbranched alkanes of at least 4 members (excludes halogenated alkanes) is 1. The topological polar surface area (TPSA) is 81.1 Å². The Labute approximate surface area is 144 Å². The fourth-order valence-electron chi connectivity index (χ4n) is 2.45. The molecule has 0 radical (unpaired) electrons. The van der Waals surface area contributed by atoms with Gasteiger partial charge in [0, 0.05) is 32.5 Å². The molecule has 120 valence electrons. The van der Waals surface area contributed by atoms with Crippen LogP contribution in [0, 0.1) is 0 Å². The van der Waals surface area contributed by atoms with Crippen LogP contribution < -0.4 is 11.1 Å². The van der Waals surface area contributed by atoms with Crippen LogP contribution in [0.5, 0.6) is 0 Å². The molecule has 0 aliphatic carbocycles. The molecule has 0 aromatic carbocycles. The van der Waals surface area contributed by atoms with Gasteiger partial charge < -0.3 is 15.6 Å². The number of rotatable bonds is 6. The number of nitrogens with two attached hydrogens (primary N) is 1. The average Bonchev–Trinajstić information content (AvgIpc) is 2.68. The molecule has 1 aromatic heterocycles. The van der Waals surface area contributed by atoms with Crippen LogP contribution in [0.25, 0.3) is 0 Å². The van der Waals surface area contributed by atoms with Crippen molar-refractivity contribution in [1.29, 1.82) is 0 Å². The third kappa shape index (κ3) is 5.80. The maximum absolute atomic E-state index is 5.81. The number of nitrogens with one attached hydrogen (secondary N) is 1. The quantitative estimate of drug-likeness (QED) is 0.327. The molecule has 0 unspecified atom stereocenters. The lowest BCUT2D eigenvalue weighted by Gasteiger charge is -2.08. The molecule has 21 heavy (non-hydrogen) atoms. The lowest BCUT2D eigenvalue weighted by molar-refractivity contribution is 0.601. The van der Waals surface area contributed by atoms with E-state index in [1.54, 1.807) is 0 Å². The average molecular weight is 406 g/mol. The monoisotopic (exact) mass is 406 g/mol. The van der Waals surface area contributed by atoms with Gasteiger partial charge in [0.1, 0.15) is 11.6 Å². The van der Waals surface area contributed by atoms with Gasteiger partial charge in [-0.1, -0.05) is 19.8 Å². The van der Waals surface area contributed by atoms with E-state index in [9.17, 15) is 0 Å². The predicted octanol–water partition coefficient (Wildman–Crippen LogP) is 1.87. The van der Waals surface area contributed by atoms with Gasteiger partial charge in [-0.05, 0) is 19.3 Å². The minimum Gasteiger partial charge on any atom is -0.370 e. The van der Waals surface area contributed by atoms with Gasteiger partial charge in [-0.15, -0.1) is 34.2 Å². The Kier molecular flexibility index (Phi) is 8.63. The summed E-state index contributed by atoms with van der Waals surface area (Å²) in [5.41, 5.74) is 5.81. The van der Waals surface area contributed by atoms with Crippen molar-refractivity contribution in [2.24, 2.45) is 10.7 Å². The number of fused-ring (bicyclic) bond motifs is 1. The van der Waals surface area contributed by atoms with Crippen molar-refractivity contribution in [2.75, 3.05) is 13.1 Å². The summed E-state index contributed by atoms with van der Waals surface area (Å²) in [5, 5.41) is 11.8. The van der Waals surface area contributed by atoms with Crippen molar-refractivity contribution < 1.29 is 0 Å². The zero-order chi connectivity index (χ0) is 14.2. The molecule has 2 rings (SSSR count). The minimum atomic E-state index is 0. The van der Waals surface area contributed by atoms with Crippen LogP contribution in [0.15, 0.2) is 4.99 Å². The normalized spacial score (nSPS) is 15.0. The number of nitrogens with zero attached hydrogens (tertiary/aromatic N) is 4. The molecule has 0 saturated carbocycles. The van der Waals surface area contributed by atoms with Gasteiger partial charge in [-0.3, -0.25) is 4.99 Å². The van der Waals surface area contributed by atoms with Crippen LogP contribution in [0.2, 0.25) is 0 Å². The second kappa shape index (κ2) is 9.97. The highest BCUT2D eigenvalue weighted by Crippen LogP contribution is 2.14. The lowest BCUT2D eigenvalue weighted by Crippen LogP contribution is -2.33. The van der Waals surface area contributed by atoms with Crippen molar-refractivity contribution >= 4 is 29.9 Å². The summed E-state index contributed by atoms with van der Waals surface area (Å²) in [5.74, 6) is 2.74. The second-order valence-electron chi connectivity index (χ2n) is 5.29. The Morgan fingerprint density at radius 3 is 3.00 bits per heavy atom. The van der Waals surface area contributed by atoms with Crippen molar-refractivity contribution in [3.8, 4) is 0 Å². The molecule has 6 nitrogen and oxygen atoms in total. The van der Waals surface area contributed by atoms with Crippen LogP contribution in [-0.2, 0) is 19.4 Å². The zero-order valence-corrected chi connectivity index (χ0v) is 15.2. The zero-order valence-electron chi connectivity index (χ0n) is 12.8. The number of halogens is 1. The molecule has 3 N–H and O–H groups in total. The molecule has 1 aliphatic rings. The Morgan fingerprint density at radius 2 is 2.19 bits per heavy atom. The van der Waals surface area contributed by atoms with Crippen LogP contribution in [-0.4, -0.2) is 33.8 Å². The Hall–Kier alpha value is -0.860. The number of aliphatic imine (C=N–C) groups is 1. The first-order chi connectivity index (χ1) is 9.81. The first-order valence-electron chi connectivity index (χ1n) is 7.76. The highest BCUT2D eigenvalue weighted by atomic mass is 127. The van der Waals surface area contributed by atoms with Crippen molar-refractivity contribution in [3.63, 3.8) is 0 Å². The van der Waals surface area contributed by atoms with E-state index in [0.29, 0.717) is 5.96 Å². The molecule has 7 heteroatoms. The SMILES string of the molecule is CCCCN=C(N)NCCc1nnc2n1CCCCC2.I. The number of aryl methyl sites for hydroxylation is 1. The molecule has 0 fully saturated rings. The molecule has 0 amide bonds. The number of hydrogen-bond donors (Lipinski definition) is 2. The van der Waals surface area contributed by atoms with Gasteiger partial charge in [0.2, 0.25) is 0 Å². The summed E-state index contributed by atoms with van der Waals surface area (Å²) in [6.45, 7) is 4.77. The smallest absolute Gasteiger partial charge is 0.188 e. The third-order valence-corrected chi connectivity index (χ3v) is 3.63. The van der Waals surface area contributed by atoms with Crippen molar-refractivity contribution in [1.82, 2.24) is 20.1 Å². The molecule has 2 heterocycles. The summed E-state index contributed by atoms with van der Waals surface area (Å²) < 4.78 is 2.28. The van der Waals surface area contributed by atoms with E-state index in [1.807, 2.05) is 0 Å². The van der Waals surface area contributed by atoms with E-state index in [1.165, 1.54) is 19.3 Å². The molecular formula is C14H27IN6. The van der Waals surface area contributed by atoms with Gasteiger partial charge in [-0.2, -0.15) is 0 Å². The number of aromatic nitrogens is 3. The van der Waals surface area contributed by atoms with Gasteiger partial charge in [-0.25, -0.2) is 0 Å². The molecule has 0 atom stereocenters. The maximum atomic E-state index is 5.81. The standard InChI is InChI=1S/C14H26N6.HI/c1-2-3-9-16-14(15)17-10-8-13-19-18-12-7-5-4-6-11-20(12)13;/h2-11H2,1H3,(H3,15,16,17);1H. The van der Waals surface area contributed by atoms with Crippen molar-refractivity contribution in [2.45, 2.75) is 58.4 Å². The summed E-state index contributed by atoms with van der Waals surface area (Å²) in [4.78, 5) is 4.28. The fourth-order valence-corrected chi connectivity index (χ4v) is 2.45. The van der Waals surface area contributed by atoms with Crippen molar-refractivity contribution in [3.05, 3.63) is 11.6 Å². The summed E-state index contributed by atoms with van der Waals surface area (Å²) in [6.07, 6.45) is 7.87. The van der Waals surface area contributed by atoms with E-state index in [-0.39, 0.29) is 24.0 Å². The second-order valence-corrected chi connectivity index (χ2v) is 5.29. The van der Waals surface area contributed by atoms with E-state index in [2.05, 4.69) is 32.0 Å². The molecular weight excluding hydrogens is 379 g/mol. The highest BCUT2D eigenvalue weighted by Gasteiger charge is 2.13. The predicted molar refractivity (Wildman–Crippen MR) is 96.1 cm³/mol. The van der Waals surface area contributed by atoms with Gasteiger partial charge in [0.05, 0.1) is 0 Å². The van der Waals surface area contributed by atoms with Gasteiger partial charge >= 0.3 is 0 Å². The molecule has 1 aromatic rings. The maximum Gasteiger partial charge on any atom is 0.188 e. The van der Waals surface area contributed by atoms with Crippen LogP contribution in [0.1, 0.15) is 50.7 Å². The van der Waals surface area contributed by atoms with Gasteiger partial charge in [0.15, 0.2) is 5.96 Å². The first kappa shape index (κ1) is 18.2. The minimum absolute atomic E-state index is 0. The number of hydrogen-bond acceptors (Lipinski definition) is 3. The van der Waals surface area contributed by atoms with Crippen LogP contribution in [0.3, 0.4) is 0 Å². The molecule has 0 saturated heterocycles. The van der Waals surface area contributed by atoms with Crippen LogP contribution >= 0.6 is 24.0 Å². The largest absolute Gasteiger partial charge is 0.370 e. The fraction of sp³-hybridized carbons (Fsp3) is 0.786. The summed E-state index contributed by atoms with van der Waals surface area (Å²) in [6, 6.07) is 0. The van der Waals surface area contributed by atoms with E-state index in [0.717, 1.165) is 57.0 Å². The third-order valence-electron chi connectivity index (χ3n) is 3.63. The first-order valence-corrected chi connectivity index (χ1v) is 7.76. The molecule has 0 bridgehead atoms. The van der Waals surface area contributed by atoms with Crippen LogP contribution in [0.4, 0.5) is 0 Å². The Morgan fingerprint density at radius 1 is 1.33 bits per heavy atom. The van der Waals surface area contributed by atoms with E-state index in [4.69, 9.17) is 5.73 Å². The Bertz CT molecular complexity index is 443. The van der Waals surface area contributed by atoms with E-state index < -0.39 is 0 Å². The Balaban J connectivity index is 0.00000220.